The van der Waals surface area contributed by atoms with Gasteiger partial charge in [-0.2, -0.15) is 4.98 Å². The summed E-state index contributed by atoms with van der Waals surface area (Å²) >= 11 is 1.70. The van der Waals surface area contributed by atoms with Crippen LogP contribution < -0.4 is 0 Å². The molecule has 0 aromatic carbocycles. The molecule has 8 nitrogen and oxygen atoms in total. The maximum atomic E-state index is 5.68. The molecule has 0 amide bonds. The molecular formula is C20H19N7OS. The van der Waals surface area contributed by atoms with Gasteiger partial charge >= 0.3 is 0 Å². The first-order chi connectivity index (χ1) is 14.3. The molecular weight excluding hydrogens is 386 g/mol. The first-order valence-corrected chi connectivity index (χ1v) is 10.3. The molecule has 0 unspecified atom stereocenters. The van der Waals surface area contributed by atoms with Gasteiger partial charge in [-0.05, 0) is 18.6 Å². The maximum Gasteiger partial charge on any atom is 0.232 e. The van der Waals surface area contributed by atoms with Crippen LogP contribution in [0.25, 0.3) is 11.5 Å². The molecule has 29 heavy (non-hydrogen) atoms. The van der Waals surface area contributed by atoms with Gasteiger partial charge in [0.05, 0.1) is 23.3 Å². The van der Waals surface area contributed by atoms with Gasteiger partial charge in [0, 0.05) is 55.2 Å². The second-order valence-corrected chi connectivity index (χ2v) is 8.04. The molecule has 1 saturated heterocycles. The Labute approximate surface area is 171 Å². The Morgan fingerprint density at radius 3 is 2.76 bits per heavy atom. The molecule has 1 fully saturated rings. The third-order valence-electron chi connectivity index (χ3n) is 5.27. The van der Waals surface area contributed by atoms with E-state index in [9.17, 15) is 0 Å². The van der Waals surface area contributed by atoms with E-state index in [0.717, 1.165) is 25.3 Å². The summed E-state index contributed by atoms with van der Waals surface area (Å²) in [7, 11) is 0. The van der Waals surface area contributed by atoms with E-state index >= 15 is 0 Å². The second kappa shape index (κ2) is 7.76. The second-order valence-electron chi connectivity index (χ2n) is 7.10. The van der Waals surface area contributed by atoms with Crippen LogP contribution in [0.15, 0.2) is 53.2 Å². The van der Waals surface area contributed by atoms with Crippen LogP contribution in [0.5, 0.6) is 0 Å². The van der Waals surface area contributed by atoms with Gasteiger partial charge in [-0.1, -0.05) is 11.2 Å². The van der Waals surface area contributed by atoms with Gasteiger partial charge in [-0.3, -0.25) is 14.9 Å². The lowest BCUT2D eigenvalue weighted by atomic mass is 9.90. The van der Waals surface area contributed by atoms with Gasteiger partial charge in [-0.25, -0.2) is 9.97 Å². The fourth-order valence-corrected chi connectivity index (χ4v) is 4.60. The topological polar surface area (TPSA) is 93.7 Å². The lowest BCUT2D eigenvalue weighted by Gasteiger charge is -2.15. The summed E-state index contributed by atoms with van der Waals surface area (Å²) in [4.78, 5) is 25.4. The summed E-state index contributed by atoms with van der Waals surface area (Å²) in [6.45, 7) is 4.66. The van der Waals surface area contributed by atoms with Gasteiger partial charge in [0.15, 0.2) is 0 Å². The van der Waals surface area contributed by atoms with E-state index in [1.165, 1.54) is 10.4 Å². The van der Waals surface area contributed by atoms with Gasteiger partial charge in [0.1, 0.15) is 5.69 Å². The van der Waals surface area contributed by atoms with Crippen molar-refractivity contribution >= 4 is 11.3 Å². The van der Waals surface area contributed by atoms with Crippen molar-refractivity contribution in [3.8, 4) is 11.5 Å². The van der Waals surface area contributed by atoms with Crippen molar-refractivity contribution in [2.24, 2.45) is 0 Å². The average Bonchev–Trinajstić information content (AvgIpc) is 3.50. The summed E-state index contributed by atoms with van der Waals surface area (Å²) in [5.41, 5.74) is 4.79. The number of likely N-dealkylation sites (tertiary alicyclic amines) is 1. The van der Waals surface area contributed by atoms with Crippen molar-refractivity contribution in [2.45, 2.75) is 25.3 Å². The van der Waals surface area contributed by atoms with Crippen LogP contribution in [0.4, 0.5) is 0 Å². The lowest BCUT2D eigenvalue weighted by molar-refractivity contribution is 0.310. The van der Waals surface area contributed by atoms with Crippen molar-refractivity contribution in [1.29, 1.82) is 0 Å². The predicted molar refractivity (Wildman–Crippen MR) is 107 cm³/mol. The minimum absolute atomic E-state index is 0.0883. The minimum atomic E-state index is 0.0883. The number of aryl methyl sites for hydroxylation is 1. The Kier molecular flexibility index (Phi) is 4.82. The zero-order valence-electron chi connectivity index (χ0n) is 15.8. The normalized spacial score (nSPS) is 19.6. The van der Waals surface area contributed by atoms with Crippen LogP contribution >= 0.6 is 11.3 Å². The van der Waals surface area contributed by atoms with E-state index < -0.39 is 0 Å². The van der Waals surface area contributed by atoms with Crippen LogP contribution in [0, 0.1) is 6.92 Å². The monoisotopic (exact) mass is 405 g/mol. The quantitative estimate of drug-likeness (QED) is 0.500. The number of aromatic nitrogens is 6. The highest BCUT2D eigenvalue weighted by atomic mass is 32.1. The first-order valence-electron chi connectivity index (χ1n) is 9.39. The molecule has 0 spiro atoms. The van der Waals surface area contributed by atoms with E-state index in [2.05, 4.69) is 48.0 Å². The largest absolute Gasteiger partial charge is 0.339 e. The van der Waals surface area contributed by atoms with Crippen LogP contribution in [-0.2, 0) is 6.54 Å². The summed E-state index contributed by atoms with van der Waals surface area (Å²) in [6.07, 6.45) is 8.61. The number of hydrogen-bond donors (Lipinski definition) is 0. The van der Waals surface area contributed by atoms with Crippen molar-refractivity contribution in [1.82, 2.24) is 35.0 Å². The molecule has 0 bridgehead atoms. The van der Waals surface area contributed by atoms with Crippen molar-refractivity contribution in [3.63, 3.8) is 0 Å². The molecule has 2 atom stereocenters. The van der Waals surface area contributed by atoms with E-state index in [0.29, 0.717) is 17.4 Å². The number of hydrogen-bond acceptors (Lipinski definition) is 9. The fraction of sp³-hybridized carbons (Fsp3) is 0.300. The fourth-order valence-electron chi connectivity index (χ4n) is 3.78. The number of pyridine rings is 1. The van der Waals surface area contributed by atoms with Crippen molar-refractivity contribution in [2.75, 3.05) is 13.1 Å². The molecule has 5 heterocycles. The molecule has 0 radical (unpaired) electrons. The molecule has 9 heteroatoms. The standard InChI is InChI=1S/C20H19N7OS/c1-13-18(29-12-24-13)11-27-9-15(14-3-2-4-21-7-14)16(10-27)20-25-19(26-28-20)17-8-22-5-6-23-17/h2-8,12,15-16H,9-11H2,1H3/t15-,16+/m0/s1. The third-order valence-corrected chi connectivity index (χ3v) is 6.19. The third kappa shape index (κ3) is 3.66. The van der Waals surface area contributed by atoms with Crippen molar-refractivity contribution < 1.29 is 4.52 Å². The van der Waals surface area contributed by atoms with E-state index in [-0.39, 0.29) is 11.8 Å². The molecule has 146 valence electrons. The summed E-state index contributed by atoms with van der Waals surface area (Å²) in [6, 6.07) is 4.09. The first kappa shape index (κ1) is 18.0. The summed E-state index contributed by atoms with van der Waals surface area (Å²) in [5, 5.41) is 4.14. The van der Waals surface area contributed by atoms with Crippen LogP contribution in [0.1, 0.15) is 33.9 Å². The summed E-state index contributed by atoms with van der Waals surface area (Å²) < 4.78 is 5.68. The molecule has 0 saturated carbocycles. The molecule has 1 aliphatic heterocycles. The molecule has 1 aliphatic rings. The molecule has 0 aliphatic carbocycles. The maximum absolute atomic E-state index is 5.68. The predicted octanol–water partition coefficient (Wildman–Crippen LogP) is 3.07. The Morgan fingerprint density at radius 2 is 2.00 bits per heavy atom. The van der Waals surface area contributed by atoms with Crippen molar-refractivity contribution in [3.05, 3.63) is 70.7 Å². The molecule has 4 aromatic heterocycles. The molecule has 4 aromatic rings. The van der Waals surface area contributed by atoms with E-state index in [4.69, 9.17) is 4.52 Å². The Hall–Kier alpha value is -3.04. The van der Waals surface area contributed by atoms with Crippen LogP contribution in [-0.4, -0.2) is 48.1 Å². The zero-order chi connectivity index (χ0) is 19.6. The SMILES string of the molecule is Cc1ncsc1CN1C[C@@H](c2cccnc2)[C@H](c2nc(-c3cnccn3)no2)C1. The Bertz CT molecular complexity index is 1080. The highest BCUT2D eigenvalue weighted by Crippen LogP contribution is 2.40. The summed E-state index contributed by atoms with van der Waals surface area (Å²) in [5.74, 6) is 1.41. The number of nitrogens with zero attached hydrogens (tertiary/aromatic N) is 7. The van der Waals surface area contributed by atoms with E-state index in [1.54, 1.807) is 36.1 Å². The average molecular weight is 405 g/mol. The van der Waals surface area contributed by atoms with E-state index in [1.807, 2.05) is 17.8 Å². The highest BCUT2D eigenvalue weighted by molar-refractivity contribution is 7.09. The highest BCUT2D eigenvalue weighted by Gasteiger charge is 2.38. The number of thiazole rings is 1. The molecule has 0 N–H and O–H groups in total. The lowest BCUT2D eigenvalue weighted by Crippen LogP contribution is -2.20. The Balaban J connectivity index is 1.44. The Morgan fingerprint density at radius 1 is 1.10 bits per heavy atom. The number of rotatable bonds is 5. The van der Waals surface area contributed by atoms with Crippen LogP contribution in [0.2, 0.25) is 0 Å². The molecule has 5 rings (SSSR count). The van der Waals surface area contributed by atoms with Gasteiger partial charge < -0.3 is 4.52 Å². The van der Waals surface area contributed by atoms with Gasteiger partial charge in [-0.15, -0.1) is 11.3 Å². The smallest absolute Gasteiger partial charge is 0.232 e. The van der Waals surface area contributed by atoms with Crippen LogP contribution in [0.3, 0.4) is 0 Å². The van der Waals surface area contributed by atoms with Gasteiger partial charge in [0.2, 0.25) is 11.7 Å². The van der Waals surface area contributed by atoms with Gasteiger partial charge in [0.25, 0.3) is 0 Å². The zero-order valence-corrected chi connectivity index (χ0v) is 16.7. The minimum Gasteiger partial charge on any atom is -0.339 e.